The zero-order valence-corrected chi connectivity index (χ0v) is 16.8. The van der Waals surface area contributed by atoms with E-state index in [9.17, 15) is 9.50 Å². The Kier molecular flexibility index (Phi) is 4.40. The standard InChI is InChI=1S/C21H20FIN2O2/c22-16-4-6-18(7-5-16)25-20-10-17-2-1-3-19(21(26)14-8-9-27-13-14)23(17)11-15(20)12-24-25/h4-10,12-13,19,21,26H,1-3,11H2/t19-,21+/m1/s1. The summed E-state index contributed by atoms with van der Waals surface area (Å²) in [5.41, 5.74) is 4.14. The number of furan rings is 1. The van der Waals surface area contributed by atoms with Gasteiger partial charge in [-0.05, 0) is 0 Å². The third kappa shape index (κ3) is 3.04. The topological polar surface area (TPSA) is 51.2 Å². The van der Waals surface area contributed by atoms with E-state index < -0.39 is 25.9 Å². The molecule has 2 aromatic heterocycles. The Morgan fingerprint density at radius 1 is 1.26 bits per heavy atom. The molecule has 0 amide bonds. The van der Waals surface area contributed by atoms with Crippen LogP contribution in [0.4, 0.5) is 4.39 Å². The fourth-order valence-corrected chi connectivity index (χ4v) is 11.7. The molecule has 4 nitrogen and oxygen atoms in total. The van der Waals surface area contributed by atoms with Crippen molar-refractivity contribution in [3.63, 3.8) is 0 Å². The van der Waals surface area contributed by atoms with Crippen molar-refractivity contribution >= 4 is 25.9 Å². The molecule has 1 fully saturated rings. The average molecular weight is 478 g/mol. The Balaban J connectivity index is 1.49. The predicted molar refractivity (Wildman–Crippen MR) is 111 cm³/mol. The molecule has 0 bridgehead atoms. The molecule has 140 valence electrons. The molecular formula is C21H20FIN2O2. The maximum absolute atomic E-state index is 13.3. The minimum absolute atomic E-state index is 0.241. The van der Waals surface area contributed by atoms with Crippen molar-refractivity contribution < 1.29 is 13.9 Å². The SMILES string of the molecule is O[C@@H](c1ccoc1)[C@H]1CCCC2=Cc3c(cnn3-c3ccc(F)cc3)CI21. The fourth-order valence-electron chi connectivity index (χ4n) is 3.92. The van der Waals surface area contributed by atoms with Crippen LogP contribution >= 0.6 is 19.8 Å². The molecule has 27 heavy (non-hydrogen) atoms. The quantitative estimate of drug-likeness (QED) is 0.413. The molecule has 1 saturated heterocycles. The van der Waals surface area contributed by atoms with Gasteiger partial charge in [0.25, 0.3) is 0 Å². The number of allylic oxidation sites excluding steroid dienone is 1. The summed E-state index contributed by atoms with van der Waals surface area (Å²) in [5.74, 6) is -0.241. The van der Waals surface area contributed by atoms with E-state index in [1.807, 2.05) is 16.9 Å². The summed E-state index contributed by atoms with van der Waals surface area (Å²) >= 11 is -1.53. The van der Waals surface area contributed by atoms with Gasteiger partial charge in [-0.25, -0.2) is 0 Å². The van der Waals surface area contributed by atoms with Gasteiger partial charge in [0.2, 0.25) is 0 Å². The van der Waals surface area contributed by atoms with E-state index in [-0.39, 0.29) is 5.82 Å². The van der Waals surface area contributed by atoms with Gasteiger partial charge < -0.3 is 0 Å². The van der Waals surface area contributed by atoms with Crippen LogP contribution in [0.5, 0.6) is 0 Å². The van der Waals surface area contributed by atoms with Gasteiger partial charge in [0.15, 0.2) is 0 Å². The van der Waals surface area contributed by atoms with Crippen LogP contribution in [0.2, 0.25) is 0 Å². The first-order chi connectivity index (χ1) is 13.2. The number of fused-ring (bicyclic) bond motifs is 2. The van der Waals surface area contributed by atoms with Crippen molar-refractivity contribution in [1.29, 1.82) is 0 Å². The Labute approximate surface area is 164 Å². The summed E-state index contributed by atoms with van der Waals surface area (Å²) < 4.78 is 23.3. The second-order valence-corrected chi connectivity index (χ2v) is 13.0. The van der Waals surface area contributed by atoms with E-state index in [0.29, 0.717) is 3.92 Å². The van der Waals surface area contributed by atoms with Gasteiger partial charge in [-0.3, -0.25) is 0 Å². The number of aliphatic hydroxyl groups excluding tert-OH is 1. The van der Waals surface area contributed by atoms with Gasteiger partial charge >= 0.3 is 164 Å². The zero-order valence-electron chi connectivity index (χ0n) is 14.7. The Hall–Kier alpha value is -1.93. The van der Waals surface area contributed by atoms with Crippen LogP contribution < -0.4 is 0 Å². The second kappa shape index (κ2) is 6.91. The minimum atomic E-state index is -1.53. The normalized spacial score (nSPS) is 21.3. The van der Waals surface area contributed by atoms with Gasteiger partial charge in [0.05, 0.1) is 0 Å². The van der Waals surface area contributed by atoms with Gasteiger partial charge in [-0.15, -0.1) is 0 Å². The van der Waals surface area contributed by atoms with Crippen LogP contribution in [0, 0.1) is 5.82 Å². The van der Waals surface area contributed by atoms with Crippen molar-refractivity contribution in [3.8, 4) is 5.69 Å². The number of aliphatic hydroxyl groups is 1. The molecule has 0 radical (unpaired) electrons. The molecule has 0 aliphatic carbocycles. The molecule has 2 aliphatic heterocycles. The van der Waals surface area contributed by atoms with Crippen LogP contribution in [-0.2, 0) is 4.43 Å². The van der Waals surface area contributed by atoms with E-state index in [4.69, 9.17) is 4.42 Å². The van der Waals surface area contributed by atoms with E-state index in [0.717, 1.165) is 40.6 Å². The Morgan fingerprint density at radius 2 is 2.11 bits per heavy atom. The molecule has 2 atom stereocenters. The maximum atomic E-state index is 13.3. The summed E-state index contributed by atoms with van der Waals surface area (Å²) in [7, 11) is 0. The Bertz CT molecular complexity index is 978. The molecule has 4 heterocycles. The van der Waals surface area contributed by atoms with Crippen molar-refractivity contribution in [3.05, 3.63) is 75.3 Å². The average Bonchev–Trinajstić information content (AvgIpc) is 3.36. The summed E-state index contributed by atoms with van der Waals surface area (Å²) in [6.45, 7) is 0. The van der Waals surface area contributed by atoms with Gasteiger partial charge in [-0.1, -0.05) is 0 Å². The van der Waals surface area contributed by atoms with Crippen LogP contribution in [0.25, 0.3) is 11.8 Å². The molecule has 0 spiro atoms. The fraction of sp³-hybridized carbons (Fsp3) is 0.286. The van der Waals surface area contributed by atoms with Crippen molar-refractivity contribution in [2.45, 2.75) is 33.7 Å². The monoisotopic (exact) mass is 478 g/mol. The molecule has 0 unspecified atom stereocenters. The summed E-state index contributed by atoms with van der Waals surface area (Å²) in [5, 5.41) is 15.5. The molecule has 3 aromatic rings. The van der Waals surface area contributed by atoms with Gasteiger partial charge in [-0.2, -0.15) is 0 Å². The number of hydrogen-bond acceptors (Lipinski definition) is 3. The van der Waals surface area contributed by atoms with Crippen molar-refractivity contribution in [2.24, 2.45) is 0 Å². The number of hydrogen-bond donors (Lipinski definition) is 1. The molecule has 2 aliphatic rings. The number of alkyl halides is 2. The molecule has 1 aromatic carbocycles. The van der Waals surface area contributed by atoms with Crippen molar-refractivity contribution in [1.82, 2.24) is 9.78 Å². The number of benzene rings is 1. The number of aromatic nitrogens is 2. The third-order valence-corrected chi connectivity index (χ3v) is 12.8. The molecule has 1 N–H and O–H groups in total. The molecule has 5 rings (SSSR count). The Morgan fingerprint density at radius 3 is 2.89 bits per heavy atom. The first kappa shape index (κ1) is 17.2. The van der Waals surface area contributed by atoms with Crippen LogP contribution in [0.3, 0.4) is 0 Å². The molecule has 0 saturated carbocycles. The number of halogens is 2. The first-order valence-corrected chi connectivity index (χ1v) is 12.9. The van der Waals surface area contributed by atoms with E-state index in [1.54, 1.807) is 24.7 Å². The van der Waals surface area contributed by atoms with Crippen molar-refractivity contribution in [2.75, 3.05) is 0 Å². The van der Waals surface area contributed by atoms with Crippen LogP contribution in [0.1, 0.15) is 42.2 Å². The van der Waals surface area contributed by atoms with Crippen LogP contribution in [0.15, 0.2) is 57.1 Å². The van der Waals surface area contributed by atoms with Crippen LogP contribution in [-0.4, -0.2) is 18.8 Å². The number of nitrogens with zero attached hydrogens (tertiary/aromatic N) is 2. The first-order valence-electron chi connectivity index (χ1n) is 9.08. The third-order valence-electron chi connectivity index (χ3n) is 5.31. The molecule has 6 heteroatoms. The van der Waals surface area contributed by atoms with E-state index in [1.165, 1.54) is 21.3 Å². The zero-order chi connectivity index (χ0) is 18.4. The van der Waals surface area contributed by atoms with E-state index >= 15 is 0 Å². The molecular weight excluding hydrogens is 458 g/mol. The summed E-state index contributed by atoms with van der Waals surface area (Å²) in [6, 6.07) is 8.34. The van der Waals surface area contributed by atoms with Gasteiger partial charge in [0.1, 0.15) is 0 Å². The van der Waals surface area contributed by atoms with E-state index in [2.05, 4.69) is 11.2 Å². The summed E-state index contributed by atoms with van der Waals surface area (Å²) in [4.78, 5) is 0. The number of rotatable bonds is 3. The predicted octanol–water partition coefficient (Wildman–Crippen LogP) is 5.25. The van der Waals surface area contributed by atoms with Gasteiger partial charge in [0, 0.05) is 0 Å². The second-order valence-electron chi connectivity index (χ2n) is 6.97. The summed E-state index contributed by atoms with van der Waals surface area (Å²) in [6.07, 6.45) is 10.4.